The summed E-state index contributed by atoms with van der Waals surface area (Å²) in [5.41, 5.74) is 3.82. The first-order valence-corrected chi connectivity index (χ1v) is 6.68. The number of carbonyl (C=O) groups excluding carboxylic acids is 1. The van der Waals surface area contributed by atoms with Crippen molar-refractivity contribution in [2.24, 2.45) is 0 Å². The largest absolute Gasteiger partial charge is 0.348 e. The SMILES string of the molecule is Cc1ccccc1C(=O)NCc1ccc2[nH]c(=O)[nH]c2c1. The maximum atomic E-state index is 12.1. The molecule has 0 saturated carbocycles. The number of imidazole rings is 1. The molecule has 0 aliphatic rings. The molecule has 0 unspecified atom stereocenters. The highest BCUT2D eigenvalue weighted by atomic mass is 16.1. The Hall–Kier alpha value is -2.82. The molecule has 5 nitrogen and oxygen atoms in total. The number of hydrogen-bond acceptors (Lipinski definition) is 2. The zero-order valence-electron chi connectivity index (χ0n) is 11.6. The van der Waals surface area contributed by atoms with Crippen LogP contribution in [0.25, 0.3) is 11.0 Å². The van der Waals surface area contributed by atoms with Crippen LogP contribution in [0.2, 0.25) is 0 Å². The fraction of sp³-hybridized carbons (Fsp3) is 0.125. The number of amides is 1. The molecule has 5 heteroatoms. The minimum atomic E-state index is -0.230. The third-order valence-electron chi connectivity index (χ3n) is 3.42. The van der Waals surface area contributed by atoms with Gasteiger partial charge >= 0.3 is 5.69 Å². The standard InChI is InChI=1S/C16H15N3O2/c1-10-4-2-3-5-12(10)15(20)17-9-11-6-7-13-14(8-11)19-16(21)18-13/h2-8H,9H2,1H3,(H,17,20)(H2,18,19,21). The van der Waals surface area contributed by atoms with E-state index in [4.69, 9.17) is 0 Å². The van der Waals surface area contributed by atoms with Crippen molar-refractivity contribution in [1.29, 1.82) is 0 Å². The molecule has 0 spiro atoms. The lowest BCUT2D eigenvalue weighted by Gasteiger charge is -2.07. The summed E-state index contributed by atoms with van der Waals surface area (Å²) in [6.45, 7) is 2.32. The number of H-pyrrole nitrogens is 2. The first kappa shape index (κ1) is 13.2. The number of aromatic amines is 2. The minimum absolute atomic E-state index is 0.101. The zero-order chi connectivity index (χ0) is 14.8. The molecule has 21 heavy (non-hydrogen) atoms. The number of benzene rings is 2. The van der Waals surface area contributed by atoms with Gasteiger partial charge in [0.05, 0.1) is 11.0 Å². The summed E-state index contributed by atoms with van der Waals surface area (Å²) >= 11 is 0. The van der Waals surface area contributed by atoms with Crippen molar-refractivity contribution >= 4 is 16.9 Å². The molecule has 1 aromatic heterocycles. The first-order chi connectivity index (χ1) is 10.1. The molecule has 106 valence electrons. The smallest absolute Gasteiger partial charge is 0.323 e. The Morgan fingerprint density at radius 1 is 1.10 bits per heavy atom. The molecule has 3 rings (SSSR count). The van der Waals surface area contributed by atoms with Crippen molar-refractivity contribution < 1.29 is 4.79 Å². The molecule has 0 fully saturated rings. The number of aryl methyl sites for hydroxylation is 1. The number of carbonyl (C=O) groups is 1. The number of fused-ring (bicyclic) bond motifs is 1. The van der Waals surface area contributed by atoms with E-state index in [2.05, 4.69) is 15.3 Å². The van der Waals surface area contributed by atoms with Crippen molar-refractivity contribution in [3.63, 3.8) is 0 Å². The van der Waals surface area contributed by atoms with Gasteiger partial charge in [0.1, 0.15) is 0 Å². The second-order valence-corrected chi connectivity index (χ2v) is 4.96. The average Bonchev–Trinajstić information content (AvgIpc) is 2.84. The summed E-state index contributed by atoms with van der Waals surface area (Å²) < 4.78 is 0. The molecule has 1 amide bonds. The van der Waals surface area contributed by atoms with Crippen LogP contribution in [0.1, 0.15) is 21.5 Å². The van der Waals surface area contributed by atoms with Gasteiger partial charge in [-0.1, -0.05) is 24.3 Å². The predicted molar refractivity (Wildman–Crippen MR) is 81.3 cm³/mol. The first-order valence-electron chi connectivity index (χ1n) is 6.68. The molecule has 0 bridgehead atoms. The van der Waals surface area contributed by atoms with Crippen LogP contribution in [0, 0.1) is 6.92 Å². The van der Waals surface area contributed by atoms with Crippen LogP contribution in [0.15, 0.2) is 47.3 Å². The van der Waals surface area contributed by atoms with E-state index in [0.717, 1.165) is 22.2 Å². The van der Waals surface area contributed by atoms with Gasteiger partial charge in [0.2, 0.25) is 0 Å². The normalized spacial score (nSPS) is 10.7. The Balaban J connectivity index is 1.75. The van der Waals surface area contributed by atoms with Gasteiger partial charge in [0.25, 0.3) is 5.91 Å². The van der Waals surface area contributed by atoms with Gasteiger partial charge < -0.3 is 15.3 Å². The molecule has 0 aliphatic heterocycles. The fourth-order valence-corrected chi connectivity index (χ4v) is 2.29. The second kappa shape index (κ2) is 5.28. The maximum Gasteiger partial charge on any atom is 0.323 e. The van der Waals surface area contributed by atoms with E-state index in [9.17, 15) is 9.59 Å². The lowest BCUT2D eigenvalue weighted by atomic mass is 10.1. The highest BCUT2D eigenvalue weighted by Gasteiger charge is 2.08. The molecule has 0 saturated heterocycles. The zero-order valence-corrected chi connectivity index (χ0v) is 11.6. The number of hydrogen-bond donors (Lipinski definition) is 3. The Morgan fingerprint density at radius 3 is 2.67 bits per heavy atom. The van der Waals surface area contributed by atoms with Crippen molar-refractivity contribution in [2.75, 3.05) is 0 Å². The number of aromatic nitrogens is 2. The van der Waals surface area contributed by atoms with Crippen LogP contribution in [0.3, 0.4) is 0 Å². The fourth-order valence-electron chi connectivity index (χ4n) is 2.29. The van der Waals surface area contributed by atoms with Crippen molar-refractivity contribution in [3.8, 4) is 0 Å². The van der Waals surface area contributed by atoms with E-state index < -0.39 is 0 Å². The summed E-state index contributed by atoms with van der Waals surface area (Å²) in [4.78, 5) is 28.7. The lowest BCUT2D eigenvalue weighted by molar-refractivity contribution is 0.0950. The van der Waals surface area contributed by atoms with Gasteiger partial charge in [-0.15, -0.1) is 0 Å². The van der Waals surface area contributed by atoms with Gasteiger partial charge in [-0.25, -0.2) is 4.79 Å². The van der Waals surface area contributed by atoms with Gasteiger partial charge in [-0.05, 0) is 36.2 Å². The molecule has 0 radical (unpaired) electrons. The van der Waals surface area contributed by atoms with Crippen molar-refractivity contribution in [1.82, 2.24) is 15.3 Å². The summed E-state index contributed by atoms with van der Waals surface area (Å²) in [5.74, 6) is -0.101. The Bertz CT molecular complexity index is 861. The van der Waals surface area contributed by atoms with Gasteiger partial charge in [-0.2, -0.15) is 0 Å². The molecule has 1 heterocycles. The molecule has 3 aromatic rings. The molecular formula is C16H15N3O2. The van der Waals surface area contributed by atoms with E-state index >= 15 is 0 Å². The topological polar surface area (TPSA) is 77.8 Å². The summed E-state index contributed by atoms with van der Waals surface area (Å²) in [6, 6.07) is 13.0. The number of nitrogens with one attached hydrogen (secondary N) is 3. The molecule has 3 N–H and O–H groups in total. The van der Waals surface area contributed by atoms with Crippen LogP contribution in [-0.4, -0.2) is 15.9 Å². The van der Waals surface area contributed by atoms with Gasteiger partial charge in [-0.3, -0.25) is 4.79 Å². The van der Waals surface area contributed by atoms with Crippen LogP contribution in [0.5, 0.6) is 0 Å². The van der Waals surface area contributed by atoms with Gasteiger partial charge in [0, 0.05) is 12.1 Å². The van der Waals surface area contributed by atoms with E-state index in [0.29, 0.717) is 12.1 Å². The van der Waals surface area contributed by atoms with Crippen molar-refractivity contribution in [2.45, 2.75) is 13.5 Å². The minimum Gasteiger partial charge on any atom is -0.348 e. The van der Waals surface area contributed by atoms with Gasteiger partial charge in [0.15, 0.2) is 0 Å². The third-order valence-corrected chi connectivity index (χ3v) is 3.42. The highest BCUT2D eigenvalue weighted by molar-refractivity contribution is 5.95. The molecule has 0 atom stereocenters. The van der Waals surface area contributed by atoms with Crippen LogP contribution < -0.4 is 11.0 Å². The van der Waals surface area contributed by atoms with E-state index in [1.165, 1.54) is 0 Å². The van der Waals surface area contributed by atoms with E-state index in [1.54, 1.807) is 6.07 Å². The number of rotatable bonds is 3. The second-order valence-electron chi connectivity index (χ2n) is 4.96. The molecule has 0 aliphatic carbocycles. The average molecular weight is 281 g/mol. The maximum absolute atomic E-state index is 12.1. The highest BCUT2D eigenvalue weighted by Crippen LogP contribution is 2.11. The van der Waals surface area contributed by atoms with Crippen LogP contribution in [-0.2, 0) is 6.54 Å². The third kappa shape index (κ3) is 2.72. The Labute approximate surface area is 121 Å². The summed E-state index contributed by atoms with van der Waals surface area (Å²) in [6.07, 6.45) is 0. The monoisotopic (exact) mass is 281 g/mol. The Kier molecular flexibility index (Phi) is 3.31. The van der Waals surface area contributed by atoms with E-state index in [1.807, 2.05) is 43.3 Å². The quantitative estimate of drug-likeness (QED) is 0.687. The van der Waals surface area contributed by atoms with E-state index in [-0.39, 0.29) is 11.6 Å². The summed E-state index contributed by atoms with van der Waals surface area (Å²) in [5, 5.41) is 2.89. The lowest BCUT2D eigenvalue weighted by Crippen LogP contribution is -2.23. The molecular weight excluding hydrogens is 266 g/mol. The van der Waals surface area contributed by atoms with Crippen LogP contribution >= 0.6 is 0 Å². The summed E-state index contributed by atoms with van der Waals surface area (Å²) in [7, 11) is 0. The Morgan fingerprint density at radius 2 is 1.86 bits per heavy atom. The predicted octanol–water partition coefficient (Wildman–Crippen LogP) is 2.09. The molecule has 2 aromatic carbocycles. The van der Waals surface area contributed by atoms with Crippen LogP contribution in [0.4, 0.5) is 0 Å². The van der Waals surface area contributed by atoms with Crippen molar-refractivity contribution in [3.05, 3.63) is 69.6 Å².